The van der Waals surface area contributed by atoms with Crippen molar-refractivity contribution in [1.82, 2.24) is 15.1 Å². The smallest absolute Gasteiger partial charge is 0.278 e. The Hall–Kier alpha value is -2.96. The third kappa shape index (κ3) is 4.07. The molecule has 1 aliphatic rings. The predicted molar refractivity (Wildman–Crippen MR) is 103 cm³/mol. The molecule has 0 bridgehead atoms. The van der Waals surface area contributed by atoms with Crippen molar-refractivity contribution in [2.24, 2.45) is 0 Å². The van der Waals surface area contributed by atoms with Crippen molar-refractivity contribution in [3.8, 4) is 0 Å². The number of nitrogens with one attached hydrogen (secondary N) is 1. The molecule has 0 fully saturated rings. The van der Waals surface area contributed by atoms with Gasteiger partial charge in [-0.3, -0.25) is 14.4 Å². The summed E-state index contributed by atoms with van der Waals surface area (Å²) < 4.78 is 1.04. The summed E-state index contributed by atoms with van der Waals surface area (Å²) in [4.78, 5) is 38.8. The van der Waals surface area contributed by atoms with E-state index in [0.29, 0.717) is 6.54 Å². The minimum absolute atomic E-state index is 0.00872. The molecule has 1 N–H and O–H groups in total. The lowest BCUT2D eigenvalue weighted by Gasteiger charge is -2.22. The molecular formula is C20H24N4O3. The van der Waals surface area contributed by atoms with E-state index in [9.17, 15) is 14.4 Å². The van der Waals surface area contributed by atoms with Crippen LogP contribution in [0.5, 0.6) is 0 Å². The van der Waals surface area contributed by atoms with Crippen molar-refractivity contribution in [2.75, 3.05) is 11.4 Å². The molecule has 7 heteroatoms. The molecule has 0 saturated carbocycles. The van der Waals surface area contributed by atoms with E-state index in [1.165, 1.54) is 12.1 Å². The second-order valence-electron chi connectivity index (χ2n) is 6.77. The van der Waals surface area contributed by atoms with Gasteiger partial charge in [-0.25, -0.2) is 4.68 Å². The molecule has 2 heterocycles. The number of fused-ring (bicyclic) bond motifs is 1. The molecule has 142 valence electrons. The van der Waals surface area contributed by atoms with Gasteiger partial charge in [0.15, 0.2) is 0 Å². The second-order valence-corrected chi connectivity index (χ2v) is 6.77. The van der Waals surface area contributed by atoms with Crippen LogP contribution in [0, 0.1) is 0 Å². The van der Waals surface area contributed by atoms with Gasteiger partial charge in [0.05, 0.1) is 0 Å². The monoisotopic (exact) mass is 368 g/mol. The first kappa shape index (κ1) is 18.8. The van der Waals surface area contributed by atoms with Gasteiger partial charge in [-0.05, 0) is 37.5 Å². The van der Waals surface area contributed by atoms with E-state index in [2.05, 4.69) is 10.4 Å². The predicted octanol–water partition coefficient (Wildman–Crippen LogP) is 1.75. The van der Waals surface area contributed by atoms with Gasteiger partial charge in [0.2, 0.25) is 5.91 Å². The molecule has 1 aromatic carbocycles. The van der Waals surface area contributed by atoms with E-state index >= 15 is 0 Å². The van der Waals surface area contributed by atoms with Gasteiger partial charge in [-0.2, -0.15) is 5.10 Å². The van der Waals surface area contributed by atoms with Crippen LogP contribution in [0.15, 0.2) is 41.2 Å². The lowest BCUT2D eigenvalue weighted by Crippen LogP contribution is -2.39. The number of hydrogen-bond acceptors (Lipinski definition) is 4. The van der Waals surface area contributed by atoms with E-state index < -0.39 is 5.56 Å². The molecule has 0 radical (unpaired) electrons. The number of carbonyl (C=O) groups is 2. The zero-order chi connectivity index (χ0) is 19.4. The lowest BCUT2D eigenvalue weighted by molar-refractivity contribution is -0.121. The minimum atomic E-state index is -0.410. The van der Waals surface area contributed by atoms with Crippen LogP contribution in [0.25, 0.3) is 0 Å². The van der Waals surface area contributed by atoms with E-state index in [1.54, 1.807) is 4.90 Å². The maximum atomic E-state index is 13.0. The van der Waals surface area contributed by atoms with E-state index in [0.717, 1.165) is 35.2 Å². The summed E-state index contributed by atoms with van der Waals surface area (Å²) in [7, 11) is 0. The topological polar surface area (TPSA) is 84.3 Å². The highest BCUT2D eigenvalue weighted by molar-refractivity contribution is 6.06. The highest BCUT2D eigenvalue weighted by Gasteiger charge is 2.32. The first-order valence-corrected chi connectivity index (χ1v) is 9.27. The number of nitrogens with zero attached hydrogens (tertiary/aromatic N) is 3. The fraction of sp³-hybridized carbons (Fsp3) is 0.400. The molecule has 2 amide bonds. The van der Waals surface area contributed by atoms with Crippen LogP contribution in [-0.2, 0) is 17.8 Å². The molecular weight excluding hydrogens is 344 g/mol. The Balaban J connectivity index is 1.80. The zero-order valence-corrected chi connectivity index (χ0v) is 15.6. The molecule has 3 rings (SSSR count). The Morgan fingerprint density at radius 3 is 2.78 bits per heavy atom. The summed E-state index contributed by atoms with van der Waals surface area (Å²) in [5.74, 6) is -0.560. The van der Waals surface area contributed by atoms with Gasteiger partial charge in [0.1, 0.15) is 12.2 Å². The number of amides is 2. The average molecular weight is 368 g/mol. The third-order valence-electron chi connectivity index (χ3n) is 4.66. The second kappa shape index (κ2) is 8.16. The minimum Gasteiger partial charge on any atom is -0.354 e. The van der Waals surface area contributed by atoms with Gasteiger partial charge < -0.3 is 10.2 Å². The number of carbonyl (C=O) groups excluding carboxylic acids is 2. The van der Waals surface area contributed by atoms with Crippen LogP contribution in [0.1, 0.15) is 42.7 Å². The van der Waals surface area contributed by atoms with Crippen LogP contribution < -0.4 is 15.8 Å². The summed E-state index contributed by atoms with van der Waals surface area (Å²) in [5, 5.41) is 6.89. The number of anilines is 1. The van der Waals surface area contributed by atoms with Crippen molar-refractivity contribution < 1.29 is 9.59 Å². The number of hydrogen-bond donors (Lipinski definition) is 1. The Morgan fingerprint density at radius 1 is 1.22 bits per heavy atom. The van der Waals surface area contributed by atoms with Crippen molar-refractivity contribution >= 4 is 17.5 Å². The van der Waals surface area contributed by atoms with Crippen molar-refractivity contribution in [1.29, 1.82) is 0 Å². The molecule has 27 heavy (non-hydrogen) atoms. The van der Waals surface area contributed by atoms with Crippen LogP contribution in [-0.4, -0.2) is 34.2 Å². The van der Waals surface area contributed by atoms with Crippen LogP contribution in [0.3, 0.4) is 0 Å². The van der Waals surface area contributed by atoms with Crippen molar-refractivity contribution in [3.63, 3.8) is 0 Å². The molecule has 7 nitrogen and oxygen atoms in total. The SMILES string of the molecule is CCCCNC(=O)Cn1nc(C(=O)N2c3ccccc3C[C@@H]2C)ccc1=O. The summed E-state index contributed by atoms with van der Waals surface area (Å²) in [6.07, 6.45) is 2.62. The maximum Gasteiger partial charge on any atom is 0.278 e. The summed E-state index contributed by atoms with van der Waals surface area (Å²) in [6.45, 7) is 4.38. The Morgan fingerprint density at radius 2 is 2.00 bits per heavy atom. The number of benzene rings is 1. The molecule has 0 unspecified atom stereocenters. The van der Waals surface area contributed by atoms with Crippen molar-refractivity contribution in [3.05, 3.63) is 58.0 Å². The van der Waals surface area contributed by atoms with Gasteiger partial charge in [-0.1, -0.05) is 31.5 Å². The lowest BCUT2D eigenvalue weighted by atomic mass is 10.1. The number of para-hydroxylation sites is 1. The molecule has 0 aliphatic carbocycles. The summed E-state index contributed by atoms with van der Waals surface area (Å²) in [6, 6.07) is 10.5. The molecule has 0 spiro atoms. The molecule has 2 aromatic rings. The first-order chi connectivity index (χ1) is 13.0. The summed E-state index contributed by atoms with van der Waals surface area (Å²) in [5.41, 5.74) is 1.72. The van der Waals surface area contributed by atoms with E-state index in [1.807, 2.05) is 38.1 Å². The quantitative estimate of drug-likeness (QED) is 0.788. The van der Waals surface area contributed by atoms with Gasteiger partial charge in [0, 0.05) is 24.3 Å². The third-order valence-corrected chi connectivity index (χ3v) is 4.66. The number of aromatic nitrogens is 2. The Labute approximate surface area is 158 Å². The molecule has 1 atom stereocenters. The largest absolute Gasteiger partial charge is 0.354 e. The highest BCUT2D eigenvalue weighted by atomic mass is 16.2. The zero-order valence-electron chi connectivity index (χ0n) is 15.6. The Kier molecular flexibility index (Phi) is 5.69. The van der Waals surface area contributed by atoms with Gasteiger partial charge in [-0.15, -0.1) is 0 Å². The standard InChI is InChI=1S/C20H24N4O3/c1-3-4-11-21-18(25)13-23-19(26)10-9-16(22-23)20(27)24-14(2)12-15-7-5-6-8-17(15)24/h5-10,14H,3-4,11-13H2,1-2H3,(H,21,25)/t14-/m0/s1. The fourth-order valence-corrected chi connectivity index (χ4v) is 3.27. The van der Waals surface area contributed by atoms with Crippen molar-refractivity contribution in [2.45, 2.75) is 45.7 Å². The van der Waals surface area contributed by atoms with E-state index in [4.69, 9.17) is 0 Å². The average Bonchev–Trinajstić information content (AvgIpc) is 2.99. The number of unbranched alkanes of at least 4 members (excludes halogenated alkanes) is 1. The van der Waals surface area contributed by atoms with Crippen LogP contribution >= 0.6 is 0 Å². The number of rotatable bonds is 6. The normalized spacial score (nSPS) is 15.5. The van der Waals surface area contributed by atoms with Gasteiger partial charge >= 0.3 is 0 Å². The van der Waals surface area contributed by atoms with Crippen LogP contribution in [0.4, 0.5) is 5.69 Å². The Bertz CT molecular complexity index is 906. The first-order valence-electron chi connectivity index (χ1n) is 9.27. The molecule has 1 aliphatic heterocycles. The molecule has 1 aromatic heterocycles. The fourth-order valence-electron chi connectivity index (χ4n) is 3.27. The van der Waals surface area contributed by atoms with Gasteiger partial charge in [0.25, 0.3) is 11.5 Å². The van der Waals surface area contributed by atoms with E-state index in [-0.39, 0.29) is 30.1 Å². The maximum absolute atomic E-state index is 13.0. The van der Waals surface area contributed by atoms with Crippen LogP contribution in [0.2, 0.25) is 0 Å². The molecule has 0 saturated heterocycles. The highest BCUT2D eigenvalue weighted by Crippen LogP contribution is 2.32. The summed E-state index contributed by atoms with van der Waals surface area (Å²) >= 11 is 0.